The van der Waals surface area contributed by atoms with Gasteiger partial charge in [0.05, 0.1) is 16.1 Å². The lowest BCUT2D eigenvalue weighted by atomic mass is 10.2. The second-order valence-corrected chi connectivity index (χ2v) is 5.40. The van der Waals surface area contributed by atoms with Crippen LogP contribution in [0, 0.1) is 17.1 Å². The SMILES string of the molecule is N#Cc1cc(F)ccc1NS(=O)(=O)c1ccccc1. The van der Waals surface area contributed by atoms with Crippen LogP contribution in [-0.4, -0.2) is 8.42 Å². The Bertz CT molecular complexity index is 737. The van der Waals surface area contributed by atoms with Crippen molar-refractivity contribution in [2.24, 2.45) is 0 Å². The summed E-state index contributed by atoms with van der Waals surface area (Å²) in [4.78, 5) is 0.0724. The Morgan fingerprint density at radius 3 is 2.42 bits per heavy atom. The van der Waals surface area contributed by atoms with Crippen molar-refractivity contribution in [3.63, 3.8) is 0 Å². The van der Waals surface area contributed by atoms with Gasteiger partial charge in [-0.05, 0) is 30.3 Å². The molecule has 0 bridgehead atoms. The van der Waals surface area contributed by atoms with Crippen LogP contribution in [0.5, 0.6) is 0 Å². The van der Waals surface area contributed by atoms with E-state index in [1.165, 1.54) is 18.2 Å². The largest absolute Gasteiger partial charge is 0.278 e. The minimum atomic E-state index is -3.78. The Morgan fingerprint density at radius 1 is 1.11 bits per heavy atom. The van der Waals surface area contributed by atoms with Gasteiger partial charge in [0.15, 0.2) is 0 Å². The third-order valence-corrected chi connectivity index (χ3v) is 3.78. The third-order valence-electron chi connectivity index (χ3n) is 2.40. The van der Waals surface area contributed by atoms with Gasteiger partial charge in [0, 0.05) is 0 Å². The Hall–Kier alpha value is -2.39. The molecule has 0 fully saturated rings. The van der Waals surface area contributed by atoms with Crippen LogP contribution < -0.4 is 4.72 Å². The highest BCUT2D eigenvalue weighted by atomic mass is 32.2. The number of sulfonamides is 1. The Kier molecular flexibility index (Phi) is 3.49. The first-order chi connectivity index (χ1) is 9.03. The number of nitrogens with one attached hydrogen (secondary N) is 1. The molecular formula is C13H9FN2O2S. The molecule has 0 radical (unpaired) electrons. The Labute approximate surface area is 110 Å². The fourth-order valence-electron chi connectivity index (χ4n) is 1.50. The number of nitrogens with zero attached hydrogens (tertiary/aromatic N) is 1. The summed E-state index contributed by atoms with van der Waals surface area (Å²) in [7, 11) is -3.78. The second kappa shape index (κ2) is 5.08. The van der Waals surface area contributed by atoms with E-state index in [2.05, 4.69) is 4.72 Å². The highest BCUT2D eigenvalue weighted by Crippen LogP contribution is 2.20. The lowest BCUT2D eigenvalue weighted by Crippen LogP contribution is -2.13. The minimum absolute atomic E-state index is 0.0488. The quantitative estimate of drug-likeness (QED) is 0.936. The number of halogens is 1. The summed E-state index contributed by atoms with van der Waals surface area (Å²) in [5.41, 5.74) is -0.0211. The van der Waals surface area contributed by atoms with Gasteiger partial charge in [-0.15, -0.1) is 0 Å². The zero-order valence-corrected chi connectivity index (χ0v) is 10.5. The second-order valence-electron chi connectivity index (χ2n) is 3.72. The molecule has 4 nitrogen and oxygen atoms in total. The highest BCUT2D eigenvalue weighted by molar-refractivity contribution is 7.92. The van der Waals surface area contributed by atoms with Crippen molar-refractivity contribution in [3.8, 4) is 6.07 Å². The third kappa shape index (κ3) is 2.89. The maximum absolute atomic E-state index is 13.0. The molecule has 0 aliphatic carbocycles. The van der Waals surface area contributed by atoms with Crippen LogP contribution in [0.1, 0.15) is 5.56 Å². The number of anilines is 1. The van der Waals surface area contributed by atoms with E-state index in [0.717, 1.165) is 12.1 Å². The van der Waals surface area contributed by atoms with E-state index in [9.17, 15) is 12.8 Å². The lowest BCUT2D eigenvalue weighted by molar-refractivity contribution is 0.601. The topological polar surface area (TPSA) is 70.0 Å². The first-order valence-corrected chi connectivity index (χ1v) is 6.79. The molecule has 19 heavy (non-hydrogen) atoms. The first-order valence-electron chi connectivity index (χ1n) is 5.30. The van der Waals surface area contributed by atoms with Crippen LogP contribution in [0.25, 0.3) is 0 Å². The number of benzene rings is 2. The predicted octanol–water partition coefficient (Wildman–Crippen LogP) is 2.50. The molecule has 1 N–H and O–H groups in total. The fourth-order valence-corrected chi connectivity index (χ4v) is 2.60. The van der Waals surface area contributed by atoms with Crippen molar-refractivity contribution in [1.82, 2.24) is 0 Å². The van der Waals surface area contributed by atoms with Crippen LogP contribution in [0.15, 0.2) is 53.4 Å². The van der Waals surface area contributed by atoms with Crippen molar-refractivity contribution >= 4 is 15.7 Å². The van der Waals surface area contributed by atoms with Gasteiger partial charge < -0.3 is 0 Å². The van der Waals surface area contributed by atoms with E-state index >= 15 is 0 Å². The molecule has 0 atom stereocenters. The van der Waals surface area contributed by atoms with E-state index in [1.807, 2.05) is 0 Å². The van der Waals surface area contributed by atoms with E-state index in [4.69, 9.17) is 5.26 Å². The summed E-state index contributed by atoms with van der Waals surface area (Å²) in [5.74, 6) is -0.598. The summed E-state index contributed by atoms with van der Waals surface area (Å²) < 4.78 is 39.3. The van der Waals surface area contributed by atoms with Gasteiger partial charge in [0.1, 0.15) is 11.9 Å². The highest BCUT2D eigenvalue weighted by Gasteiger charge is 2.15. The van der Waals surface area contributed by atoms with Crippen LogP contribution in [0.2, 0.25) is 0 Å². The molecule has 0 amide bonds. The molecule has 96 valence electrons. The Balaban J connectivity index is 2.40. The standard InChI is InChI=1S/C13H9FN2O2S/c14-11-6-7-13(10(8-11)9-15)16-19(17,18)12-4-2-1-3-5-12/h1-8,16H. The molecule has 0 aliphatic heterocycles. The molecule has 0 spiro atoms. The molecule has 0 saturated heterocycles. The van der Waals surface area contributed by atoms with Gasteiger partial charge >= 0.3 is 0 Å². The predicted molar refractivity (Wildman–Crippen MR) is 68.4 cm³/mol. The van der Waals surface area contributed by atoms with E-state index in [-0.39, 0.29) is 16.1 Å². The normalized spacial score (nSPS) is 10.7. The maximum atomic E-state index is 13.0. The first kappa shape index (κ1) is 13.1. The fraction of sp³-hybridized carbons (Fsp3) is 0. The van der Waals surface area contributed by atoms with Crippen molar-refractivity contribution in [3.05, 3.63) is 59.9 Å². The average Bonchev–Trinajstić information content (AvgIpc) is 2.41. The van der Waals surface area contributed by atoms with Gasteiger partial charge in [0.2, 0.25) is 0 Å². The summed E-state index contributed by atoms with van der Waals surface area (Å²) >= 11 is 0. The smallest absolute Gasteiger partial charge is 0.261 e. The van der Waals surface area contributed by atoms with Crippen LogP contribution in [-0.2, 0) is 10.0 Å². The number of nitriles is 1. The molecular weight excluding hydrogens is 267 g/mol. The Morgan fingerprint density at radius 2 is 1.79 bits per heavy atom. The number of hydrogen-bond acceptors (Lipinski definition) is 3. The molecule has 0 unspecified atom stereocenters. The molecule has 2 aromatic rings. The number of hydrogen-bond donors (Lipinski definition) is 1. The molecule has 2 aromatic carbocycles. The van der Waals surface area contributed by atoms with Gasteiger partial charge in [-0.1, -0.05) is 18.2 Å². The van der Waals surface area contributed by atoms with E-state index in [1.54, 1.807) is 24.3 Å². The van der Waals surface area contributed by atoms with Crippen molar-refractivity contribution in [2.75, 3.05) is 4.72 Å². The minimum Gasteiger partial charge on any atom is -0.278 e. The summed E-state index contributed by atoms with van der Waals surface area (Å²) in [5, 5.41) is 8.86. The lowest BCUT2D eigenvalue weighted by Gasteiger charge is -2.09. The molecule has 6 heteroatoms. The molecule has 0 aromatic heterocycles. The molecule has 0 saturated carbocycles. The summed E-state index contributed by atoms with van der Waals surface area (Å²) in [6.45, 7) is 0. The van der Waals surface area contributed by atoms with Gasteiger partial charge in [-0.2, -0.15) is 5.26 Å². The van der Waals surface area contributed by atoms with Crippen LogP contribution in [0.3, 0.4) is 0 Å². The van der Waals surface area contributed by atoms with Crippen molar-refractivity contribution < 1.29 is 12.8 Å². The summed E-state index contributed by atoms with van der Waals surface area (Å²) in [6, 6.07) is 12.7. The van der Waals surface area contributed by atoms with Gasteiger partial charge in [0.25, 0.3) is 10.0 Å². The zero-order chi connectivity index (χ0) is 13.9. The van der Waals surface area contributed by atoms with E-state index < -0.39 is 15.8 Å². The summed E-state index contributed by atoms with van der Waals surface area (Å²) in [6.07, 6.45) is 0. The molecule has 2 rings (SSSR count). The van der Waals surface area contributed by atoms with Crippen LogP contribution in [0.4, 0.5) is 10.1 Å². The molecule has 0 aliphatic rings. The maximum Gasteiger partial charge on any atom is 0.261 e. The van der Waals surface area contributed by atoms with E-state index in [0.29, 0.717) is 0 Å². The van der Waals surface area contributed by atoms with Crippen molar-refractivity contribution in [2.45, 2.75) is 4.90 Å². The van der Waals surface area contributed by atoms with Crippen molar-refractivity contribution in [1.29, 1.82) is 5.26 Å². The zero-order valence-electron chi connectivity index (χ0n) is 9.67. The monoisotopic (exact) mass is 276 g/mol. The van der Waals surface area contributed by atoms with Gasteiger partial charge in [-0.3, -0.25) is 4.72 Å². The number of rotatable bonds is 3. The average molecular weight is 276 g/mol. The van der Waals surface area contributed by atoms with Gasteiger partial charge in [-0.25, -0.2) is 12.8 Å². The van der Waals surface area contributed by atoms with Crippen LogP contribution >= 0.6 is 0 Å². The molecule has 0 heterocycles.